The van der Waals surface area contributed by atoms with Crippen molar-refractivity contribution in [3.05, 3.63) is 0 Å². The summed E-state index contributed by atoms with van der Waals surface area (Å²) in [5.74, 6) is 0.879. The zero-order valence-electron chi connectivity index (χ0n) is 10.6. The van der Waals surface area contributed by atoms with Crippen molar-refractivity contribution < 1.29 is 4.74 Å². The molecule has 0 radical (unpaired) electrons. The molecule has 0 saturated carbocycles. The summed E-state index contributed by atoms with van der Waals surface area (Å²) >= 11 is 0. The van der Waals surface area contributed by atoms with Crippen LogP contribution >= 0.6 is 0 Å². The number of rotatable bonds is 7. The van der Waals surface area contributed by atoms with Crippen molar-refractivity contribution in [3.8, 4) is 0 Å². The molecule has 0 aromatic carbocycles. The molecule has 15 heavy (non-hydrogen) atoms. The second-order valence-corrected chi connectivity index (χ2v) is 4.77. The Balaban J connectivity index is 2.27. The molecule has 2 heteroatoms. The van der Waals surface area contributed by atoms with Gasteiger partial charge in [-0.25, -0.2) is 0 Å². The van der Waals surface area contributed by atoms with E-state index < -0.39 is 0 Å². The van der Waals surface area contributed by atoms with Crippen LogP contribution in [0.25, 0.3) is 0 Å². The molecule has 0 aromatic rings. The molecule has 0 aliphatic carbocycles. The first-order chi connectivity index (χ1) is 7.30. The van der Waals surface area contributed by atoms with Crippen LogP contribution in [-0.2, 0) is 4.74 Å². The molecular weight excluding hydrogens is 186 g/mol. The van der Waals surface area contributed by atoms with E-state index in [1.54, 1.807) is 0 Å². The standard InChI is InChI=1S/C13H27NO/c1-4-11(5-2)9-12(14-3)10-13-7-6-8-15-13/h11-14H,4-10H2,1-3H3. The molecule has 1 aliphatic heterocycles. The maximum absolute atomic E-state index is 5.69. The molecule has 2 atom stereocenters. The van der Waals surface area contributed by atoms with Crippen LogP contribution in [0.3, 0.4) is 0 Å². The van der Waals surface area contributed by atoms with Gasteiger partial charge in [-0.05, 0) is 38.6 Å². The van der Waals surface area contributed by atoms with E-state index in [0.717, 1.165) is 12.5 Å². The van der Waals surface area contributed by atoms with Crippen molar-refractivity contribution in [1.29, 1.82) is 0 Å². The first-order valence-electron chi connectivity index (χ1n) is 6.59. The van der Waals surface area contributed by atoms with Gasteiger partial charge in [0, 0.05) is 12.6 Å². The van der Waals surface area contributed by atoms with Gasteiger partial charge in [-0.15, -0.1) is 0 Å². The maximum atomic E-state index is 5.69. The highest BCUT2D eigenvalue weighted by Gasteiger charge is 2.21. The van der Waals surface area contributed by atoms with Crippen LogP contribution in [0.2, 0.25) is 0 Å². The Morgan fingerprint density at radius 3 is 2.53 bits per heavy atom. The lowest BCUT2D eigenvalue weighted by atomic mass is 9.92. The number of hydrogen-bond donors (Lipinski definition) is 1. The second-order valence-electron chi connectivity index (χ2n) is 4.77. The fraction of sp³-hybridized carbons (Fsp3) is 1.00. The fourth-order valence-electron chi connectivity index (χ4n) is 2.50. The Labute approximate surface area is 94.8 Å². The first kappa shape index (κ1) is 13.0. The fourth-order valence-corrected chi connectivity index (χ4v) is 2.50. The lowest BCUT2D eigenvalue weighted by molar-refractivity contribution is 0.0922. The molecule has 1 rings (SSSR count). The largest absolute Gasteiger partial charge is 0.378 e. The lowest BCUT2D eigenvalue weighted by Gasteiger charge is -2.23. The van der Waals surface area contributed by atoms with Crippen LogP contribution in [0.4, 0.5) is 0 Å². The highest BCUT2D eigenvalue weighted by molar-refractivity contribution is 4.76. The van der Waals surface area contributed by atoms with Crippen LogP contribution in [0, 0.1) is 5.92 Å². The van der Waals surface area contributed by atoms with Gasteiger partial charge in [0.2, 0.25) is 0 Å². The van der Waals surface area contributed by atoms with Crippen molar-refractivity contribution in [2.75, 3.05) is 13.7 Å². The van der Waals surface area contributed by atoms with E-state index in [-0.39, 0.29) is 0 Å². The van der Waals surface area contributed by atoms with E-state index in [4.69, 9.17) is 4.74 Å². The van der Waals surface area contributed by atoms with Crippen molar-refractivity contribution in [1.82, 2.24) is 5.32 Å². The Morgan fingerprint density at radius 2 is 2.07 bits per heavy atom. The van der Waals surface area contributed by atoms with Crippen molar-refractivity contribution in [2.45, 2.75) is 64.5 Å². The molecule has 0 aromatic heterocycles. The molecule has 1 aliphatic rings. The summed E-state index contributed by atoms with van der Waals surface area (Å²) in [7, 11) is 2.09. The predicted octanol–water partition coefficient (Wildman–Crippen LogP) is 2.97. The monoisotopic (exact) mass is 213 g/mol. The van der Waals surface area contributed by atoms with E-state index in [1.165, 1.54) is 38.5 Å². The molecule has 1 N–H and O–H groups in total. The quantitative estimate of drug-likeness (QED) is 0.702. The third-order valence-electron chi connectivity index (χ3n) is 3.75. The molecule has 2 nitrogen and oxygen atoms in total. The van der Waals surface area contributed by atoms with Crippen LogP contribution in [0.1, 0.15) is 52.4 Å². The van der Waals surface area contributed by atoms with E-state index in [2.05, 4.69) is 26.2 Å². The summed E-state index contributed by atoms with van der Waals surface area (Å²) in [6.07, 6.45) is 8.17. The van der Waals surface area contributed by atoms with E-state index in [0.29, 0.717) is 12.1 Å². The minimum absolute atomic E-state index is 0.525. The van der Waals surface area contributed by atoms with Gasteiger partial charge in [-0.3, -0.25) is 0 Å². The van der Waals surface area contributed by atoms with Crippen molar-refractivity contribution >= 4 is 0 Å². The van der Waals surface area contributed by atoms with E-state index in [1.807, 2.05) is 0 Å². The molecule has 1 heterocycles. The van der Waals surface area contributed by atoms with E-state index in [9.17, 15) is 0 Å². The lowest BCUT2D eigenvalue weighted by Crippen LogP contribution is -2.31. The predicted molar refractivity (Wildman–Crippen MR) is 65.1 cm³/mol. The summed E-state index contributed by atoms with van der Waals surface area (Å²) in [4.78, 5) is 0. The topological polar surface area (TPSA) is 21.3 Å². The molecular formula is C13H27NO. The van der Waals surface area contributed by atoms with Gasteiger partial charge < -0.3 is 10.1 Å². The number of hydrogen-bond acceptors (Lipinski definition) is 2. The summed E-state index contributed by atoms with van der Waals surface area (Å²) in [5.41, 5.74) is 0. The van der Waals surface area contributed by atoms with Crippen LogP contribution in [0.5, 0.6) is 0 Å². The normalized spacial score (nSPS) is 23.6. The molecule has 2 unspecified atom stereocenters. The van der Waals surface area contributed by atoms with Gasteiger partial charge in [-0.1, -0.05) is 26.7 Å². The summed E-state index contributed by atoms with van der Waals surface area (Å²) < 4.78 is 5.69. The van der Waals surface area contributed by atoms with Crippen LogP contribution in [0.15, 0.2) is 0 Å². The third-order valence-corrected chi connectivity index (χ3v) is 3.75. The Hall–Kier alpha value is -0.0800. The highest BCUT2D eigenvalue weighted by atomic mass is 16.5. The smallest absolute Gasteiger partial charge is 0.0590 e. The summed E-state index contributed by atoms with van der Waals surface area (Å²) in [5, 5.41) is 3.45. The number of nitrogens with one attached hydrogen (secondary N) is 1. The maximum Gasteiger partial charge on any atom is 0.0590 e. The molecule has 90 valence electrons. The van der Waals surface area contributed by atoms with Gasteiger partial charge in [-0.2, -0.15) is 0 Å². The van der Waals surface area contributed by atoms with Crippen molar-refractivity contribution in [3.63, 3.8) is 0 Å². The van der Waals surface area contributed by atoms with Crippen molar-refractivity contribution in [2.24, 2.45) is 5.92 Å². The number of ether oxygens (including phenoxy) is 1. The summed E-state index contributed by atoms with van der Waals surface area (Å²) in [6.45, 7) is 5.58. The average molecular weight is 213 g/mol. The van der Waals surface area contributed by atoms with Crippen LogP contribution in [-0.4, -0.2) is 25.8 Å². The molecule has 0 spiro atoms. The minimum atomic E-state index is 0.525. The summed E-state index contributed by atoms with van der Waals surface area (Å²) in [6, 6.07) is 0.651. The Bertz CT molecular complexity index is 147. The Kier molecular flexibility index (Phi) is 6.26. The minimum Gasteiger partial charge on any atom is -0.378 e. The molecule has 1 fully saturated rings. The van der Waals surface area contributed by atoms with E-state index >= 15 is 0 Å². The highest BCUT2D eigenvalue weighted by Crippen LogP contribution is 2.22. The SMILES string of the molecule is CCC(CC)CC(CC1CCCO1)NC. The zero-order chi connectivity index (χ0) is 11.1. The van der Waals surface area contributed by atoms with Gasteiger partial charge >= 0.3 is 0 Å². The first-order valence-corrected chi connectivity index (χ1v) is 6.59. The average Bonchev–Trinajstić information content (AvgIpc) is 2.76. The Morgan fingerprint density at radius 1 is 1.33 bits per heavy atom. The third kappa shape index (κ3) is 4.52. The van der Waals surface area contributed by atoms with Gasteiger partial charge in [0.15, 0.2) is 0 Å². The molecule has 0 amide bonds. The zero-order valence-corrected chi connectivity index (χ0v) is 10.6. The molecule has 1 saturated heterocycles. The van der Waals surface area contributed by atoms with Crippen LogP contribution < -0.4 is 5.32 Å². The van der Waals surface area contributed by atoms with Gasteiger partial charge in [0.1, 0.15) is 0 Å². The van der Waals surface area contributed by atoms with Gasteiger partial charge in [0.25, 0.3) is 0 Å². The second kappa shape index (κ2) is 7.24. The molecule has 0 bridgehead atoms. The van der Waals surface area contributed by atoms with Gasteiger partial charge in [0.05, 0.1) is 6.10 Å².